The molecular weight excluding hydrogens is 236 g/mol. The van der Waals surface area contributed by atoms with E-state index >= 15 is 0 Å². The number of hydrogen-bond donors (Lipinski definition) is 2. The van der Waals surface area contributed by atoms with Crippen LogP contribution in [0.1, 0.15) is 5.56 Å². The average molecular weight is 245 g/mol. The van der Waals surface area contributed by atoms with Crippen molar-refractivity contribution in [3.63, 3.8) is 0 Å². The maximum Gasteiger partial charge on any atom is 0.150 e. The highest BCUT2D eigenvalue weighted by Crippen LogP contribution is 2.26. The number of nitrogens with one attached hydrogen (secondary N) is 1. The van der Waals surface area contributed by atoms with E-state index in [1.165, 1.54) is 6.20 Å². The van der Waals surface area contributed by atoms with Gasteiger partial charge in [-0.25, -0.2) is 4.98 Å². The summed E-state index contributed by atoms with van der Waals surface area (Å²) in [6, 6.07) is 10.8. The maximum atomic E-state index is 8.84. The van der Waals surface area contributed by atoms with Crippen molar-refractivity contribution in [1.82, 2.24) is 4.98 Å². The molecule has 2 aromatic rings. The fraction of sp³-hybridized carbons (Fsp3) is 0. The molecule has 3 N–H and O–H groups in total. The van der Waals surface area contributed by atoms with E-state index in [4.69, 9.17) is 22.6 Å². The van der Waals surface area contributed by atoms with Crippen LogP contribution in [-0.4, -0.2) is 4.98 Å². The van der Waals surface area contributed by atoms with Crippen LogP contribution < -0.4 is 11.1 Å². The molecule has 17 heavy (non-hydrogen) atoms. The van der Waals surface area contributed by atoms with E-state index in [1.807, 2.05) is 18.2 Å². The number of rotatable bonds is 2. The Morgan fingerprint density at radius 1 is 1.35 bits per heavy atom. The molecule has 0 saturated heterocycles. The molecule has 0 aliphatic carbocycles. The number of halogens is 1. The van der Waals surface area contributed by atoms with Gasteiger partial charge in [-0.3, -0.25) is 0 Å². The topological polar surface area (TPSA) is 74.7 Å². The van der Waals surface area contributed by atoms with Gasteiger partial charge in [-0.15, -0.1) is 0 Å². The molecule has 0 bridgehead atoms. The number of nitriles is 1. The van der Waals surface area contributed by atoms with Gasteiger partial charge in [-0.1, -0.05) is 17.7 Å². The van der Waals surface area contributed by atoms with Crippen molar-refractivity contribution in [2.45, 2.75) is 0 Å². The summed E-state index contributed by atoms with van der Waals surface area (Å²) >= 11 is 6.02. The van der Waals surface area contributed by atoms with Crippen molar-refractivity contribution in [3.05, 3.63) is 47.1 Å². The molecule has 0 atom stereocenters. The highest BCUT2D eigenvalue weighted by Gasteiger charge is 2.07. The van der Waals surface area contributed by atoms with Gasteiger partial charge in [0.25, 0.3) is 0 Å². The average Bonchev–Trinajstić information content (AvgIpc) is 2.32. The number of hydrogen-bond acceptors (Lipinski definition) is 4. The molecule has 0 aliphatic rings. The molecule has 0 fully saturated rings. The summed E-state index contributed by atoms with van der Waals surface area (Å²) in [7, 11) is 0. The van der Waals surface area contributed by atoms with Gasteiger partial charge in [0.15, 0.2) is 5.82 Å². The van der Waals surface area contributed by atoms with Gasteiger partial charge in [-0.2, -0.15) is 5.26 Å². The lowest BCUT2D eigenvalue weighted by atomic mass is 10.2. The second kappa shape index (κ2) is 4.73. The zero-order valence-electron chi connectivity index (χ0n) is 8.81. The Bertz CT molecular complexity index is 589. The van der Waals surface area contributed by atoms with Crippen molar-refractivity contribution in [2.75, 3.05) is 11.1 Å². The third-order valence-corrected chi connectivity index (χ3v) is 2.54. The summed E-state index contributed by atoms with van der Waals surface area (Å²) in [5, 5.41) is 12.2. The quantitative estimate of drug-likeness (QED) is 0.797. The molecule has 1 heterocycles. The zero-order chi connectivity index (χ0) is 12.3. The van der Waals surface area contributed by atoms with E-state index in [1.54, 1.807) is 18.2 Å². The number of benzene rings is 1. The normalized spacial score (nSPS) is 9.65. The van der Waals surface area contributed by atoms with Crippen LogP contribution in [0.15, 0.2) is 36.5 Å². The monoisotopic (exact) mass is 244 g/mol. The lowest BCUT2D eigenvalue weighted by Gasteiger charge is -2.08. The summed E-state index contributed by atoms with van der Waals surface area (Å²) in [5.74, 6) is 0.441. The Labute approximate surface area is 104 Å². The minimum Gasteiger partial charge on any atom is -0.399 e. The predicted molar refractivity (Wildman–Crippen MR) is 68.1 cm³/mol. The maximum absolute atomic E-state index is 8.84. The van der Waals surface area contributed by atoms with Gasteiger partial charge < -0.3 is 11.1 Å². The smallest absolute Gasteiger partial charge is 0.150 e. The van der Waals surface area contributed by atoms with Crippen molar-refractivity contribution < 1.29 is 0 Å². The second-order valence-electron chi connectivity index (χ2n) is 3.38. The van der Waals surface area contributed by atoms with Crippen LogP contribution in [0.2, 0.25) is 5.02 Å². The molecule has 1 aromatic carbocycles. The molecule has 1 aromatic heterocycles. The van der Waals surface area contributed by atoms with Crippen molar-refractivity contribution in [2.24, 2.45) is 0 Å². The van der Waals surface area contributed by atoms with Gasteiger partial charge in [0, 0.05) is 17.6 Å². The van der Waals surface area contributed by atoms with Crippen LogP contribution in [0.25, 0.3) is 0 Å². The van der Waals surface area contributed by atoms with E-state index in [0.717, 1.165) is 5.69 Å². The largest absolute Gasteiger partial charge is 0.399 e. The number of nitrogens with zero attached hydrogens (tertiary/aromatic N) is 2. The zero-order valence-corrected chi connectivity index (χ0v) is 9.57. The molecule has 0 aliphatic heterocycles. The summed E-state index contributed by atoms with van der Waals surface area (Å²) in [5.41, 5.74) is 7.46. The van der Waals surface area contributed by atoms with Crippen LogP contribution in [0, 0.1) is 11.3 Å². The first-order chi connectivity index (χ1) is 8.20. The summed E-state index contributed by atoms with van der Waals surface area (Å²) < 4.78 is 0. The Hall–Kier alpha value is -2.25. The third-order valence-electron chi connectivity index (χ3n) is 2.16. The Morgan fingerprint density at radius 3 is 2.88 bits per heavy atom. The fourth-order valence-electron chi connectivity index (χ4n) is 1.37. The first kappa shape index (κ1) is 11.2. The van der Waals surface area contributed by atoms with E-state index in [2.05, 4.69) is 10.3 Å². The first-order valence-electron chi connectivity index (χ1n) is 4.88. The summed E-state index contributed by atoms with van der Waals surface area (Å²) in [6.07, 6.45) is 1.53. The lowest BCUT2D eigenvalue weighted by molar-refractivity contribution is 1.29. The Morgan fingerprint density at radius 2 is 2.18 bits per heavy atom. The van der Waals surface area contributed by atoms with E-state index in [9.17, 15) is 0 Å². The van der Waals surface area contributed by atoms with Gasteiger partial charge in [-0.05, 0) is 24.3 Å². The lowest BCUT2D eigenvalue weighted by Crippen LogP contribution is -1.96. The Balaban J connectivity index is 2.34. The number of anilines is 3. The van der Waals surface area contributed by atoms with Crippen molar-refractivity contribution >= 4 is 28.8 Å². The van der Waals surface area contributed by atoms with Crippen LogP contribution in [0.3, 0.4) is 0 Å². The predicted octanol–water partition coefficient (Wildman–Crippen LogP) is 2.93. The minimum atomic E-state index is 0.303. The summed E-state index contributed by atoms with van der Waals surface area (Å²) in [4.78, 5) is 4.08. The van der Waals surface area contributed by atoms with E-state index < -0.39 is 0 Å². The van der Waals surface area contributed by atoms with Gasteiger partial charge >= 0.3 is 0 Å². The molecule has 0 amide bonds. The third kappa shape index (κ3) is 2.47. The second-order valence-corrected chi connectivity index (χ2v) is 3.76. The number of aromatic nitrogens is 1. The highest BCUT2D eigenvalue weighted by molar-refractivity contribution is 6.34. The standard InChI is InChI=1S/C12H9ClN4/c13-11-8(7-14)4-5-16-12(11)17-10-3-1-2-9(15)6-10/h1-6H,15H2,(H,16,17). The van der Waals surface area contributed by atoms with E-state index in [-0.39, 0.29) is 0 Å². The molecule has 5 heteroatoms. The minimum absolute atomic E-state index is 0.303. The van der Waals surface area contributed by atoms with Crippen LogP contribution in [0.4, 0.5) is 17.2 Å². The highest BCUT2D eigenvalue weighted by atomic mass is 35.5. The number of pyridine rings is 1. The van der Waals surface area contributed by atoms with Gasteiger partial charge in [0.05, 0.1) is 5.56 Å². The molecule has 0 spiro atoms. The van der Waals surface area contributed by atoms with Crippen LogP contribution >= 0.6 is 11.6 Å². The van der Waals surface area contributed by atoms with Gasteiger partial charge in [0.1, 0.15) is 11.1 Å². The molecule has 0 radical (unpaired) electrons. The van der Waals surface area contributed by atoms with Crippen LogP contribution in [-0.2, 0) is 0 Å². The molecule has 0 unspecified atom stereocenters. The molecule has 2 rings (SSSR count). The molecule has 0 saturated carbocycles. The first-order valence-corrected chi connectivity index (χ1v) is 5.25. The fourth-order valence-corrected chi connectivity index (χ4v) is 1.57. The van der Waals surface area contributed by atoms with Crippen LogP contribution in [0.5, 0.6) is 0 Å². The number of nitrogen functional groups attached to an aromatic ring is 1. The molecule has 4 nitrogen and oxygen atoms in total. The SMILES string of the molecule is N#Cc1ccnc(Nc2cccc(N)c2)c1Cl. The van der Waals surface area contributed by atoms with Crippen molar-refractivity contribution in [1.29, 1.82) is 5.26 Å². The van der Waals surface area contributed by atoms with Gasteiger partial charge in [0.2, 0.25) is 0 Å². The number of nitrogens with two attached hydrogens (primary N) is 1. The van der Waals surface area contributed by atoms with Crippen molar-refractivity contribution in [3.8, 4) is 6.07 Å². The Kier molecular flexibility index (Phi) is 3.12. The molecule has 84 valence electrons. The summed E-state index contributed by atoms with van der Waals surface area (Å²) in [6.45, 7) is 0. The van der Waals surface area contributed by atoms with E-state index in [0.29, 0.717) is 22.1 Å². The molecular formula is C12H9ClN4.